The molecule has 1 aliphatic carbocycles. The maximum absolute atomic E-state index is 13.3. The lowest BCUT2D eigenvalue weighted by Gasteiger charge is -2.37. The predicted molar refractivity (Wildman–Crippen MR) is 91.3 cm³/mol. The van der Waals surface area contributed by atoms with Gasteiger partial charge in [-0.05, 0) is 50.3 Å². The number of hydrogen-bond donors (Lipinski definition) is 0. The summed E-state index contributed by atoms with van der Waals surface area (Å²) in [7, 11) is 0. The first kappa shape index (κ1) is 16.3. The Morgan fingerprint density at radius 3 is 2.96 bits per heavy atom. The Labute approximate surface area is 147 Å². The van der Waals surface area contributed by atoms with E-state index in [1.54, 1.807) is 12.3 Å². The number of likely N-dealkylation sites (tertiary alicyclic amines) is 1. The van der Waals surface area contributed by atoms with Crippen molar-refractivity contribution in [2.45, 2.75) is 51.0 Å². The molecule has 5 heteroatoms. The van der Waals surface area contributed by atoms with E-state index in [9.17, 15) is 9.18 Å². The molecular formula is C20H23FN2O2. The lowest BCUT2D eigenvalue weighted by atomic mass is 9.83. The first-order chi connectivity index (χ1) is 12.1. The Balaban J connectivity index is 1.54. The van der Waals surface area contributed by atoms with Gasteiger partial charge in [0.25, 0.3) is 0 Å². The van der Waals surface area contributed by atoms with Crippen LogP contribution in [-0.4, -0.2) is 22.3 Å². The minimum absolute atomic E-state index is 0.180. The van der Waals surface area contributed by atoms with E-state index < -0.39 is 5.54 Å². The number of amides is 1. The van der Waals surface area contributed by atoms with Crippen LogP contribution in [0.3, 0.4) is 0 Å². The Bertz CT molecular complexity index is 784. The topological polar surface area (TPSA) is 46.3 Å². The molecule has 0 radical (unpaired) electrons. The average Bonchev–Trinajstić information content (AvgIpc) is 3.13. The van der Waals surface area contributed by atoms with Crippen LogP contribution in [0.5, 0.6) is 0 Å². The highest BCUT2D eigenvalue weighted by atomic mass is 19.1. The summed E-state index contributed by atoms with van der Waals surface area (Å²) in [6.45, 7) is 2.82. The number of oxazole rings is 1. The van der Waals surface area contributed by atoms with Gasteiger partial charge in [0.05, 0.1) is 6.20 Å². The Hall–Kier alpha value is -2.17. The van der Waals surface area contributed by atoms with E-state index in [2.05, 4.69) is 4.98 Å². The van der Waals surface area contributed by atoms with Crippen molar-refractivity contribution in [2.75, 3.05) is 6.54 Å². The number of rotatable bonds is 4. The van der Waals surface area contributed by atoms with Crippen molar-refractivity contribution in [3.63, 3.8) is 0 Å². The fraction of sp³-hybridized carbons (Fsp3) is 0.500. The maximum atomic E-state index is 13.3. The fourth-order valence-electron chi connectivity index (χ4n) is 3.90. The van der Waals surface area contributed by atoms with Crippen LogP contribution >= 0.6 is 0 Å². The molecule has 2 fully saturated rings. The molecule has 2 heterocycles. The smallest absolute Gasteiger partial charge is 0.226 e. The normalized spacial score (nSPS) is 23.7. The van der Waals surface area contributed by atoms with Gasteiger partial charge in [0.1, 0.15) is 17.1 Å². The summed E-state index contributed by atoms with van der Waals surface area (Å²) in [4.78, 5) is 19.2. The van der Waals surface area contributed by atoms with E-state index >= 15 is 0 Å². The van der Waals surface area contributed by atoms with Gasteiger partial charge in [0, 0.05) is 18.9 Å². The molecular weight excluding hydrogens is 319 g/mol. The third-order valence-electron chi connectivity index (χ3n) is 5.64. The van der Waals surface area contributed by atoms with Gasteiger partial charge in [0.15, 0.2) is 0 Å². The van der Waals surface area contributed by atoms with Crippen LogP contribution in [0, 0.1) is 11.7 Å². The minimum atomic E-state index is -0.465. The van der Waals surface area contributed by atoms with E-state index in [0.717, 1.165) is 44.2 Å². The maximum Gasteiger partial charge on any atom is 0.226 e. The van der Waals surface area contributed by atoms with Crippen LogP contribution in [0.25, 0.3) is 0 Å². The highest BCUT2D eigenvalue weighted by Gasteiger charge is 2.47. The second-order valence-corrected chi connectivity index (χ2v) is 7.43. The van der Waals surface area contributed by atoms with Crippen molar-refractivity contribution in [2.24, 2.45) is 5.92 Å². The summed E-state index contributed by atoms with van der Waals surface area (Å²) in [5.74, 6) is 1.47. The zero-order chi connectivity index (χ0) is 17.4. The second-order valence-electron chi connectivity index (χ2n) is 7.43. The minimum Gasteiger partial charge on any atom is -0.443 e. The quantitative estimate of drug-likeness (QED) is 0.842. The number of benzene rings is 1. The van der Waals surface area contributed by atoms with Gasteiger partial charge in [-0.2, -0.15) is 0 Å². The molecule has 1 aliphatic heterocycles. The van der Waals surface area contributed by atoms with Gasteiger partial charge in [-0.1, -0.05) is 18.6 Å². The molecule has 4 rings (SSSR count). The lowest BCUT2D eigenvalue weighted by Crippen LogP contribution is -2.47. The molecule has 2 aliphatic rings. The van der Waals surface area contributed by atoms with Crippen molar-refractivity contribution < 1.29 is 13.6 Å². The third kappa shape index (κ3) is 2.96. The van der Waals surface area contributed by atoms with Crippen LogP contribution in [0.4, 0.5) is 4.39 Å². The van der Waals surface area contributed by atoms with Crippen molar-refractivity contribution in [3.8, 4) is 0 Å². The summed E-state index contributed by atoms with van der Waals surface area (Å²) in [6, 6.07) is 6.50. The third-order valence-corrected chi connectivity index (χ3v) is 5.64. The summed E-state index contributed by atoms with van der Waals surface area (Å²) in [5, 5.41) is 0. The second kappa shape index (κ2) is 6.28. The molecule has 0 N–H and O–H groups in total. The Morgan fingerprint density at radius 1 is 1.40 bits per heavy atom. The van der Waals surface area contributed by atoms with Crippen LogP contribution in [0.2, 0.25) is 0 Å². The van der Waals surface area contributed by atoms with Crippen LogP contribution < -0.4 is 0 Å². The van der Waals surface area contributed by atoms with Gasteiger partial charge >= 0.3 is 0 Å². The molecule has 1 aromatic heterocycles. The monoisotopic (exact) mass is 342 g/mol. The standard InChI is InChI=1S/C20H23FN2O2/c1-20(9-4-10-23(20)18(24)15-6-3-7-15)19-22-13-17(25-19)12-14-5-2-8-16(21)11-14/h2,5,8,11,13,15H,3-4,6-7,9-10,12H2,1H3. The number of halogens is 1. The van der Waals surface area contributed by atoms with Crippen molar-refractivity contribution in [1.82, 2.24) is 9.88 Å². The van der Waals surface area contributed by atoms with Crippen molar-refractivity contribution in [1.29, 1.82) is 0 Å². The van der Waals surface area contributed by atoms with Gasteiger partial charge in [-0.25, -0.2) is 9.37 Å². The summed E-state index contributed by atoms with van der Waals surface area (Å²) < 4.78 is 19.3. The molecule has 1 amide bonds. The van der Waals surface area contributed by atoms with Gasteiger partial charge in [-0.15, -0.1) is 0 Å². The van der Waals surface area contributed by atoms with Crippen LogP contribution in [0.15, 0.2) is 34.9 Å². The Kier molecular flexibility index (Phi) is 4.10. The number of carbonyl (C=O) groups is 1. The predicted octanol–water partition coefficient (Wildman–Crippen LogP) is 4.04. The molecule has 1 unspecified atom stereocenters. The molecule has 1 saturated carbocycles. The van der Waals surface area contributed by atoms with E-state index in [1.807, 2.05) is 17.9 Å². The highest BCUT2D eigenvalue weighted by Crippen LogP contribution is 2.41. The number of hydrogen-bond acceptors (Lipinski definition) is 3. The lowest BCUT2D eigenvalue weighted by molar-refractivity contribution is -0.143. The van der Waals surface area contributed by atoms with Gasteiger partial charge in [0.2, 0.25) is 11.8 Å². The molecule has 1 aromatic carbocycles. The highest BCUT2D eigenvalue weighted by molar-refractivity contribution is 5.80. The first-order valence-corrected chi connectivity index (χ1v) is 9.07. The summed E-state index contributed by atoms with van der Waals surface area (Å²) in [5.41, 5.74) is 0.383. The van der Waals surface area contributed by atoms with Crippen LogP contribution in [0.1, 0.15) is 56.2 Å². The molecule has 4 nitrogen and oxygen atoms in total. The Morgan fingerprint density at radius 2 is 2.24 bits per heavy atom. The van der Waals surface area contributed by atoms with Gasteiger partial charge in [-0.3, -0.25) is 4.79 Å². The molecule has 1 saturated heterocycles. The number of nitrogens with zero attached hydrogens (tertiary/aromatic N) is 2. The molecule has 132 valence electrons. The number of aromatic nitrogens is 1. The van der Waals surface area contributed by atoms with Crippen LogP contribution in [-0.2, 0) is 16.8 Å². The average molecular weight is 342 g/mol. The number of carbonyl (C=O) groups excluding carboxylic acids is 1. The largest absolute Gasteiger partial charge is 0.443 e. The molecule has 1 atom stereocenters. The molecule has 0 bridgehead atoms. The van der Waals surface area contributed by atoms with Crippen molar-refractivity contribution >= 4 is 5.91 Å². The van der Waals surface area contributed by atoms with Gasteiger partial charge < -0.3 is 9.32 Å². The molecule has 25 heavy (non-hydrogen) atoms. The van der Waals surface area contributed by atoms with Crippen molar-refractivity contribution in [3.05, 3.63) is 53.5 Å². The SMILES string of the molecule is CC1(c2ncc(Cc3cccc(F)c3)o2)CCCN1C(=O)C1CCC1. The van der Waals surface area contributed by atoms with E-state index in [0.29, 0.717) is 18.1 Å². The van der Waals surface area contributed by atoms with E-state index in [4.69, 9.17) is 4.42 Å². The molecule has 0 spiro atoms. The summed E-state index contributed by atoms with van der Waals surface area (Å²) in [6.07, 6.45) is 7.19. The zero-order valence-corrected chi connectivity index (χ0v) is 14.5. The zero-order valence-electron chi connectivity index (χ0n) is 14.5. The first-order valence-electron chi connectivity index (χ1n) is 9.07. The fourth-order valence-corrected chi connectivity index (χ4v) is 3.90. The summed E-state index contributed by atoms with van der Waals surface area (Å²) >= 11 is 0. The molecule has 2 aromatic rings. The van der Waals surface area contributed by atoms with E-state index in [1.165, 1.54) is 12.1 Å². The van der Waals surface area contributed by atoms with E-state index in [-0.39, 0.29) is 17.6 Å².